The lowest BCUT2D eigenvalue weighted by Crippen LogP contribution is -2.22. The zero-order chi connectivity index (χ0) is 14.1. The Kier molecular flexibility index (Phi) is 3.06. The highest BCUT2D eigenvalue weighted by Crippen LogP contribution is 2.31. The van der Waals surface area contributed by atoms with Crippen LogP contribution >= 0.6 is 0 Å². The number of fused-ring (bicyclic) bond motifs is 1. The molecule has 1 aliphatic rings. The molecule has 2 aromatic rings. The molecule has 20 heavy (non-hydrogen) atoms. The van der Waals surface area contributed by atoms with E-state index in [1.807, 2.05) is 6.92 Å². The van der Waals surface area contributed by atoms with Crippen molar-refractivity contribution in [1.29, 1.82) is 0 Å². The van der Waals surface area contributed by atoms with Gasteiger partial charge in [0.2, 0.25) is 0 Å². The van der Waals surface area contributed by atoms with Crippen molar-refractivity contribution >= 4 is 11.5 Å². The number of hydrogen-bond donors (Lipinski definition) is 3. The molecule has 1 aliphatic heterocycles. The van der Waals surface area contributed by atoms with Crippen molar-refractivity contribution in [3.8, 4) is 5.75 Å². The maximum Gasteiger partial charge on any atom is 0.278 e. The topological polar surface area (TPSA) is 79.2 Å². The smallest absolute Gasteiger partial charge is 0.278 e. The average molecular weight is 272 g/mol. The number of phenolic OH excluding ortho intramolecular Hbond substituents is 1. The molecule has 1 atom stereocenters. The van der Waals surface area contributed by atoms with Crippen LogP contribution in [0.3, 0.4) is 0 Å². The van der Waals surface area contributed by atoms with Crippen LogP contribution in [0.1, 0.15) is 25.1 Å². The van der Waals surface area contributed by atoms with Gasteiger partial charge in [0.25, 0.3) is 5.56 Å². The van der Waals surface area contributed by atoms with Crippen molar-refractivity contribution < 1.29 is 5.11 Å². The minimum atomic E-state index is -0.205. The third-order valence-corrected chi connectivity index (χ3v) is 3.30. The Bertz CT molecular complexity index is 679. The predicted octanol–water partition coefficient (Wildman–Crippen LogP) is 1.90. The third-order valence-electron chi connectivity index (χ3n) is 3.30. The van der Waals surface area contributed by atoms with Crippen LogP contribution in [0.4, 0.5) is 11.5 Å². The number of aromatic hydroxyl groups is 1. The molecule has 2 heterocycles. The number of anilines is 2. The molecule has 0 amide bonds. The number of rotatable bonds is 3. The van der Waals surface area contributed by atoms with Crippen LogP contribution < -0.4 is 16.2 Å². The van der Waals surface area contributed by atoms with Gasteiger partial charge in [-0.15, -0.1) is 0 Å². The van der Waals surface area contributed by atoms with Crippen molar-refractivity contribution in [2.24, 2.45) is 0 Å². The maximum absolute atomic E-state index is 12.3. The summed E-state index contributed by atoms with van der Waals surface area (Å²) in [6, 6.07) is 6.84. The molecule has 0 fully saturated rings. The Labute approximate surface area is 116 Å². The summed E-state index contributed by atoms with van der Waals surface area (Å²) in [6.07, 6.45) is 2.25. The molecule has 0 spiro atoms. The minimum Gasteiger partial charge on any atom is -0.508 e. The van der Waals surface area contributed by atoms with Crippen LogP contribution in [0.25, 0.3) is 0 Å². The van der Waals surface area contributed by atoms with Crippen molar-refractivity contribution in [1.82, 2.24) is 9.55 Å². The van der Waals surface area contributed by atoms with Crippen molar-refractivity contribution in [2.45, 2.75) is 26.1 Å². The van der Waals surface area contributed by atoms with Crippen LogP contribution in [0, 0.1) is 0 Å². The summed E-state index contributed by atoms with van der Waals surface area (Å²) >= 11 is 0. The van der Waals surface area contributed by atoms with Crippen LogP contribution in [-0.4, -0.2) is 14.7 Å². The van der Waals surface area contributed by atoms with Crippen LogP contribution in [0.5, 0.6) is 5.75 Å². The van der Waals surface area contributed by atoms with E-state index < -0.39 is 0 Å². The molecular weight excluding hydrogens is 256 g/mol. The van der Waals surface area contributed by atoms with Gasteiger partial charge in [0.05, 0.1) is 6.33 Å². The van der Waals surface area contributed by atoms with Crippen LogP contribution in [-0.2, 0) is 6.54 Å². The zero-order valence-electron chi connectivity index (χ0n) is 11.1. The quantitative estimate of drug-likeness (QED) is 0.795. The molecule has 6 nitrogen and oxygen atoms in total. The van der Waals surface area contributed by atoms with E-state index in [9.17, 15) is 9.90 Å². The van der Waals surface area contributed by atoms with Crippen LogP contribution in [0.2, 0.25) is 0 Å². The lowest BCUT2D eigenvalue weighted by molar-refractivity contribution is 0.475. The lowest BCUT2D eigenvalue weighted by atomic mass is 10.2. The molecule has 104 valence electrons. The molecule has 1 aromatic heterocycles. The molecule has 3 N–H and O–H groups in total. The highest BCUT2D eigenvalue weighted by molar-refractivity contribution is 5.70. The Morgan fingerprint density at radius 2 is 2.05 bits per heavy atom. The van der Waals surface area contributed by atoms with Gasteiger partial charge in [0, 0.05) is 6.54 Å². The van der Waals surface area contributed by atoms with E-state index in [-0.39, 0.29) is 17.5 Å². The first-order chi connectivity index (χ1) is 9.69. The monoisotopic (exact) mass is 272 g/mol. The molecule has 0 radical (unpaired) electrons. The normalized spacial score (nSPS) is 16.4. The highest BCUT2D eigenvalue weighted by atomic mass is 16.3. The van der Waals surface area contributed by atoms with Gasteiger partial charge in [-0.05, 0) is 24.1 Å². The fourth-order valence-corrected chi connectivity index (χ4v) is 2.28. The summed E-state index contributed by atoms with van der Waals surface area (Å²) in [6.45, 7) is 2.68. The number of aromatic nitrogens is 2. The molecule has 0 bridgehead atoms. The molecule has 0 saturated carbocycles. The van der Waals surface area contributed by atoms with Gasteiger partial charge < -0.3 is 15.7 Å². The first-order valence-corrected chi connectivity index (χ1v) is 6.60. The summed E-state index contributed by atoms with van der Waals surface area (Å²) in [5, 5.41) is 15.6. The molecule has 1 aromatic carbocycles. The Balaban J connectivity index is 1.90. The second-order valence-corrected chi connectivity index (χ2v) is 4.78. The van der Waals surface area contributed by atoms with Gasteiger partial charge in [-0.25, -0.2) is 4.98 Å². The number of nitrogens with one attached hydrogen (secondary N) is 2. The molecule has 3 rings (SSSR count). The van der Waals surface area contributed by atoms with Crippen molar-refractivity contribution in [3.05, 3.63) is 46.5 Å². The van der Waals surface area contributed by atoms with E-state index in [1.165, 1.54) is 0 Å². The Morgan fingerprint density at radius 3 is 2.75 bits per heavy atom. The van der Waals surface area contributed by atoms with Gasteiger partial charge in [0.15, 0.2) is 5.82 Å². The fraction of sp³-hybridized carbons (Fsp3) is 0.286. The van der Waals surface area contributed by atoms with Gasteiger partial charge in [-0.1, -0.05) is 19.1 Å². The Morgan fingerprint density at radius 1 is 1.30 bits per heavy atom. The van der Waals surface area contributed by atoms with Gasteiger partial charge >= 0.3 is 0 Å². The first kappa shape index (κ1) is 12.5. The number of aryl methyl sites for hydroxylation is 1. The number of benzene rings is 1. The largest absolute Gasteiger partial charge is 0.508 e. The molecule has 0 saturated heterocycles. The van der Waals surface area contributed by atoms with E-state index >= 15 is 0 Å². The zero-order valence-corrected chi connectivity index (χ0v) is 11.1. The number of phenols is 1. The summed E-state index contributed by atoms with van der Waals surface area (Å²) in [4.78, 5) is 16.5. The SMILES string of the molecule is CCCn1cnc2c(c1=O)NC(c1ccc(O)cc1)N2. The molecule has 6 heteroatoms. The lowest BCUT2D eigenvalue weighted by Gasteiger charge is -2.11. The van der Waals surface area contributed by atoms with Crippen molar-refractivity contribution in [3.63, 3.8) is 0 Å². The fourth-order valence-electron chi connectivity index (χ4n) is 2.28. The highest BCUT2D eigenvalue weighted by Gasteiger charge is 2.25. The van der Waals surface area contributed by atoms with Gasteiger partial charge in [-0.2, -0.15) is 0 Å². The number of hydrogen-bond acceptors (Lipinski definition) is 5. The second-order valence-electron chi connectivity index (χ2n) is 4.78. The van der Waals surface area contributed by atoms with E-state index in [2.05, 4.69) is 15.6 Å². The van der Waals surface area contributed by atoms with Crippen molar-refractivity contribution in [2.75, 3.05) is 10.6 Å². The van der Waals surface area contributed by atoms with E-state index in [0.717, 1.165) is 12.0 Å². The summed E-state index contributed by atoms with van der Waals surface area (Å²) < 4.78 is 1.60. The Hall–Kier alpha value is -2.50. The van der Waals surface area contributed by atoms with Gasteiger partial charge in [0.1, 0.15) is 17.6 Å². The number of nitrogens with zero attached hydrogens (tertiary/aromatic N) is 2. The summed E-state index contributed by atoms with van der Waals surface area (Å²) in [7, 11) is 0. The summed E-state index contributed by atoms with van der Waals surface area (Å²) in [5.41, 5.74) is 1.37. The standard InChI is InChI=1S/C14H16N4O2/c1-2-7-18-8-15-13-11(14(18)20)16-12(17-13)9-3-5-10(19)6-4-9/h3-6,8,12,16-17,19H,2,7H2,1H3. The molecule has 1 unspecified atom stereocenters. The first-order valence-electron chi connectivity index (χ1n) is 6.60. The molecular formula is C14H16N4O2. The minimum absolute atomic E-state index is 0.0642. The van der Waals surface area contributed by atoms with Gasteiger partial charge in [-0.3, -0.25) is 9.36 Å². The maximum atomic E-state index is 12.3. The third kappa shape index (κ3) is 2.09. The van der Waals surface area contributed by atoms with E-state index in [1.54, 1.807) is 35.2 Å². The van der Waals surface area contributed by atoms with E-state index in [0.29, 0.717) is 18.1 Å². The summed E-state index contributed by atoms with van der Waals surface area (Å²) in [5.74, 6) is 0.785. The van der Waals surface area contributed by atoms with E-state index in [4.69, 9.17) is 0 Å². The second kappa shape index (κ2) is 4.88. The molecule has 0 aliphatic carbocycles. The predicted molar refractivity (Wildman–Crippen MR) is 76.9 cm³/mol. The average Bonchev–Trinajstić information content (AvgIpc) is 2.88. The van der Waals surface area contributed by atoms with Crippen LogP contribution in [0.15, 0.2) is 35.4 Å².